The van der Waals surface area contributed by atoms with Gasteiger partial charge in [-0.2, -0.15) is 0 Å². The number of aliphatic hydroxyl groups is 2. The van der Waals surface area contributed by atoms with Crippen molar-refractivity contribution in [1.82, 2.24) is 0 Å². The second-order valence-corrected chi connectivity index (χ2v) is 2.99. The molecule has 1 aromatic heterocycles. The number of thiophene rings is 1. The first-order valence-corrected chi connectivity index (χ1v) is 3.86. The van der Waals surface area contributed by atoms with Crippen molar-refractivity contribution in [2.75, 3.05) is 0 Å². The van der Waals surface area contributed by atoms with Crippen LogP contribution < -0.4 is 0 Å². The van der Waals surface area contributed by atoms with E-state index in [0.29, 0.717) is 5.56 Å². The Bertz CT molecular complexity index is 205. The van der Waals surface area contributed by atoms with Crippen molar-refractivity contribution in [3.8, 4) is 0 Å². The third-order valence-corrected chi connectivity index (χ3v) is 2.35. The van der Waals surface area contributed by atoms with E-state index >= 15 is 0 Å². The van der Waals surface area contributed by atoms with Crippen molar-refractivity contribution in [3.05, 3.63) is 28.5 Å². The van der Waals surface area contributed by atoms with Gasteiger partial charge in [0.15, 0.2) is 0 Å². The van der Waals surface area contributed by atoms with Crippen LogP contribution in [-0.4, -0.2) is 10.2 Å². The van der Waals surface area contributed by atoms with Crippen LogP contribution in [0.25, 0.3) is 0 Å². The summed E-state index contributed by atoms with van der Waals surface area (Å²) >= 11 is 1.44. The van der Waals surface area contributed by atoms with Crippen molar-refractivity contribution in [1.29, 1.82) is 0 Å². The number of aliphatic hydroxyl groups excluding tert-OH is 2. The highest BCUT2D eigenvalue weighted by Crippen LogP contribution is 2.24. The van der Waals surface area contributed by atoms with Crippen LogP contribution in [0.1, 0.15) is 23.5 Å². The lowest BCUT2D eigenvalue weighted by molar-refractivity contribution is 0.201. The average Bonchev–Trinajstić information content (AvgIpc) is 2.33. The standard InChI is InChI=1S/C7H9O2S/c1-5(9)7-6(4-8)2-3-10-7/h2-5,8-9H,1H3. The average molecular weight is 157 g/mol. The molecule has 0 fully saturated rings. The Kier molecular flexibility index (Phi) is 2.43. The minimum absolute atomic E-state index is 0.488. The molecule has 2 N–H and O–H groups in total. The maximum Gasteiger partial charge on any atom is 0.110 e. The van der Waals surface area contributed by atoms with E-state index in [1.165, 1.54) is 11.3 Å². The first kappa shape index (κ1) is 7.72. The van der Waals surface area contributed by atoms with Gasteiger partial charge in [0.2, 0.25) is 0 Å². The summed E-state index contributed by atoms with van der Waals surface area (Å²) in [6, 6.07) is 1.77. The molecule has 0 spiro atoms. The van der Waals surface area contributed by atoms with Crippen molar-refractivity contribution in [2.45, 2.75) is 13.0 Å². The van der Waals surface area contributed by atoms with E-state index in [-0.39, 0.29) is 0 Å². The summed E-state index contributed by atoms with van der Waals surface area (Å²) in [5, 5.41) is 19.6. The minimum Gasteiger partial charge on any atom is -0.388 e. The topological polar surface area (TPSA) is 40.5 Å². The van der Waals surface area contributed by atoms with Gasteiger partial charge >= 0.3 is 0 Å². The SMILES string of the molecule is CC(O)c1sccc1[CH]O. The second kappa shape index (κ2) is 3.14. The summed E-state index contributed by atoms with van der Waals surface area (Å²) in [7, 11) is 0. The Morgan fingerprint density at radius 2 is 2.40 bits per heavy atom. The van der Waals surface area contributed by atoms with E-state index in [9.17, 15) is 0 Å². The quantitative estimate of drug-likeness (QED) is 0.685. The van der Waals surface area contributed by atoms with Crippen LogP contribution in [0.5, 0.6) is 0 Å². The van der Waals surface area contributed by atoms with Gasteiger partial charge in [-0.1, -0.05) is 0 Å². The van der Waals surface area contributed by atoms with Gasteiger partial charge in [0, 0.05) is 4.88 Å². The highest BCUT2D eigenvalue weighted by atomic mass is 32.1. The highest BCUT2D eigenvalue weighted by molar-refractivity contribution is 7.10. The fraction of sp³-hybridized carbons (Fsp3) is 0.286. The molecule has 0 bridgehead atoms. The van der Waals surface area contributed by atoms with Crippen LogP contribution in [-0.2, 0) is 0 Å². The normalized spacial score (nSPS) is 13.5. The second-order valence-electron chi connectivity index (χ2n) is 2.05. The fourth-order valence-electron chi connectivity index (χ4n) is 0.777. The van der Waals surface area contributed by atoms with E-state index in [1.807, 2.05) is 5.38 Å². The third-order valence-electron chi connectivity index (χ3n) is 1.25. The summed E-state index contributed by atoms with van der Waals surface area (Å²) in [5.41, 5.74) is 0.708. The zero-order valence-corrected chi connectivity index (χ0v) is 6.43. The first-order valence-electron chi connectivity index (χ1n) is 2.98. The zero-order chi connectivity index (χ0) is 7.56. The Morgan fingerprint density at radius 3 is 2.80 bits per heavy atom. The summed E-state index contributed by atoms with van der Waals surface area (Å²) < 4.78 is 0. The lowest BCUT2D eigenvalue weighted by atomic mass is 10.2. The number of hydrogen-bond donors (Lipinski definition) is 2. The van der Waals surface area contributed by atoms with Gasteiger partial charge in [-0.15, -0.1) is 11.3 Å². The van der Waals surface area contributed by atoms with Crippen LogP contribution in [0.2, 0.25) is 0 Å². The van der Waals surface area contributed by atoms with Crippen molar-refractivity contribution in [2.24, 2.45) is 0 Å². The molecule has 1 unspecified atom stereocenters. The summed E-state index contributed by atoms with van der Waals surface area (Å²) in [5.74, 6) is 0. The van der Waals surface area contributed by atoms with Crippen LogP contribution in [0.15, 0.2) is 11.4 Å². The van der Waals surface area contributed by atoms with E-state index in [4.69, 9.17) is 10.2 Å². The Labute approximate surface area is 63.8 Å². The Balaban J connectivity index is 2.90. The lowest BCUT2D eigenvalue weighted by Crippen LogP contribution is -1.90. The molecule has 0 aromatic carbocycles. The van der Waals surface area contributed by atoms with Gasteiger partial charge in [-0.05, 0) is 23.9 Å². The molecule has 1 rings (SSSR count). The molecule has 1 atom stereocenters. The maximum atomic E-state index is 9.10. The van der Waals surface area contributed by atoms with Gasteiger partial charge in [0.25, 0.3) is 0 Å². The largest absolute Gasteiger partial charge is 0.388 e. The minimum atomic E-state index is -0.488. The van der Waals surface area contributed by atoms with Crippen LogP contribution >= 0.6 is 11.3 Å². The van der Waals surface area contributed by atoms with E-state index in [1.54, 1.807) is 13.0 Å². The molecule has 0 aliphatic heterocycles. The van der Waals surface area contributed by atoms with Gasteiger partial charge in [0.05, 0.1) is 6.10 Å². The van der Waals surface area contributed by atoms with E-state index in [0.717, 1.165) is 11.5 Å². The summed E-state index contributed by atoms with van der Waals surface area (Å²) in [4.78, 5) is 0.808. The molecule has 3 heteroatoms. The molecule has 2 nitrogen and oxygen atoms in total. The van der Waals surface area contributed by atoms with Crippen LogP contribution in [0.3, 0.4) is 0 Å². The zero-order valence-electron chi connectivity index (χ0n) is 5.61. The molecule has 10 heavy (non-hydrogen) atoms. The molecular formula is C7H9O2S. The smallest absolute Gasteiger partial charge is 0.110 e. The maximum absolute atomic E-state index is 9.10. The number of rotatable bonds is 2. The molecule has 0 saturated heterocycles. The summed E-state index contributed by atoms with van der Waals surface area (Å²) in [6.45, 7) is 2.69. The van der Waals surface area contributed by atoms with Gasteiger partial charge < -0.3 is 10.2 Å². The molecule has 1 radical (unpaired) electrons. The first-order chi connectivity index (χ1) is 4.75. The predicted molar refractivity (Wildman–Crippen MR) is 40.3 cm³/mol. The molecule has 1 aromatic rings. The molecule has 0 saturated carbocycles. The van der Waals surface area contributed by atoms with Gasteiger partial charge in [0.1, 0.15) is 6.61 Å². The van der Waals surface area contributed by atoms with Gasteiger partial charge in [-0.3, -0.25) is 0 Å². The molecular weight excluding hydrogens is 148 g/mol. The van der Waals surface area contributed by atoms with E-state index in [2.05, 4.69) is 0 Å². The third kappa shape index (κ3) is 1.37. The molecule has 0 aliphatic rings. The Hall–Kier alpha value is -0.380. The predicted octanol–water partition coefficient (Wildman–Crippen LogP) is 1.68. The van der Waals surface area contributed by atoms with Crippen molar-refractivity contribution >= 4 is 11.3 Å². The highest BCUT2D eigenvalue weighted by Gasteiger charge is 2.07. The fourth-order valence-corrected chi connectivity index (χ4v) is 1.59. The molecule has 0 amide bonds. The van der Waals surface area contributed by atoms with Crippen LogP contribution in [0.4, 0.5) is 0 Å². The molecule has 0 aliphatic carbocycles. The van der Waals surface area contributed by atoms with Crippen molar-refractivity contribution in [3.63, 3.8) is 0 Å². The molecule has 55 valence electrons. The number of hydrogen-bond acceptors (Lipinski definition) is 3. The van der Waals surface area contributed by atoms with Crippen molar-refractivity contribution < 1.29 is 10.2 Å². The lowest BCUT2D eigenvalue weighted by Gasteiger charge is -2.01. The monoisotopic (exact) mass is 157 g/mol. The summed E-state index contributed by atoms with van der Waals surface area (Å²) in [6.07, 6.45) is -0.488. The molecule has 1 heterocycles. The van der Waals surface area contributed by atoms with E-state index < -0.39 is 6.10 Å². The van der Waals surface area contributed by atoms with Crippen LogP contribution in [0, 0.1) is 6.61 Å². The van der Waals surface area contributed by atoms with Gasteiger partial charge in [-0.25, -0.2) is 0 Å². The Morgan fingerprint density at radius 1 is 1.70 bits per heavy atom.